The van der Waals surface area contributed by atoms with E-state index < -0.39 is 16.8 Å². The molecule has 1 heterocycles. The van der Waals surface area contributed by atoms with Crippen LogP contribution in [0.1, 0.15) is 19.4 Å². The minimum absolute atomic E-state index is 0.423. The zero-order chi connectivity index (χ0) is 12.7. The topological polar surface area (TPSA) is 46.5 Å². The van der Waals surface area contributed by atoms with E-state index in [2.05, 4.69) is 0 Å². The Bertz CT molecular complexity index is 450. The standard InChI is InChI=1S/C13H15ClO3/c1-12(2,11(15)16)13(7-17-8-13)9-4-3-5-10(14)6-9/h3-6H,7-8H2,1-2H3,(H,15,16). The molecule has 1 N–H and O–H groups in total. The lowest BCUT2D eigenvalue weighted by atomic mass is 9.60. The highest BCUT2D eigenvalue weighted by Crippen LogP contribution is 2.47. The van der Waals surface area contributed by atoms with Crippen LogP contribution in [0.2, 0.25) is 5.02 Å². The summed E-state index contributed by atoms with van der Waals surface area (Å²) in [4.78, 5) is 11.4. The molecule has 0 atom stereocenters. The molecule has 0 unspecified atom stereocenters. The monoisotopic (exact) mass is 254 g/mol. The lowest BCUT2D eigenvalue weighted by Crippen LogP contribution is -2.59. The number of carbonyl (C=O) groups is 1. The average molecular weight is 255 g/mol. The molecule has 0 aliphatic carbocycles. The highest BCUT2D eigenvalue weighted by molar-refractivity contribution is 6.30. The van der Waals surface area contributed by atoms with E-state index in [-0.39, 0.29) is 0 Å². The van der Waals surface area contributed by atoms with Crippen LogP contribution < -0.4 is 0 Å². The van der Waals surface area contributed by atoms with E-state index in [1.54, 1.807) is 19.9 Å². The molecule has 17 heavy (non-hydrogen) atoms. The molecule has 0 aromatic heterocycles. The summed E-state index contributed by atoms with van der Waals surface area (Å²) in [6.07, 6.45) is 0. The van der Waals surface area contributed by atoms with Crippen molar-refractivity contribution in [2.45, 2.75) is 19.3 Å². The van der Waals surface area contributed by atoms with Crippen LogP contribution in [0.15, 0.2) is 24.3 Å². The highest BCUT2D eigenvalue weighted by Gasteiger charge is 2.56. The van der Waals surface area contributed by atoms with Gasteiger partial charge in [0.1, 0.15) is 0 Å². The van der Waals surface area contributed by atoms with Gasteiger partial charge in [-0.15, -0.1) is 0 Å². The summed E-state index contributed by atoms with van der Waals surface area (Å²) in [5, 5.41) is 10.0. The Morgan fingerprint density at radius 1 is 1.47 bits per heavy atom. The van der Waals surface area contributed by atoms with Gasteiger partial charge in [-0.2, -0.15) is 0 Å². The lowest BCUT2D eigenvalue weighted by Gasteiger charge is -2.50. The molecule has 1 aliphatic rings. The summed E-state index contributed by atoms with van der Waals surface area (Å²) in [7, 11) is 0. The Kier molecular flexibility index (Phi) is 2.92. The molecule has 1 aromatic rings. The number of hydrogen-bond donors (Lipinski definition) is 1. The first kappa shape index (κ1) is 12.4. The molecular weight excluding hydrogens is 240 g/mol. The van der Waals surface area contributed by atoms with Gasteiger partial charge in [0.2, 0.25) is 0 Å². The van der Waals surface area contributed by atoms with Crippen LogP contribution in [0.3, 0.4) is 0 Å². The minimum atomic E-state index is -0.879. The van der Waals surface area contributed by atoms with Crippen LogP contribution in [0.5, 0.6) is 0 Å². The summed E-state index contributed by atoms with van der Waals surface area (Å²) < 4.78 is 5.26. The average Bonchev–Trinajstić information content (AvgIpc) is 2.15. The fourth-order valence-corrected chi connectivity index (χ4v) is 2.38. The summed E-state index contributed by atoms with van der Waals surface area (Å²) >= 11 is 5.97. The van der Waals surface area contributed by atoms with Crippen molar-refractivity contribution in [2.24, 2.45) is 5.41 Å². The predicted molar refractivity (Wildman–Crippen MR) is 65.4 cm³/mol. The van der Waals surface area contributed by atoms with Crippen molar-refractivity contribution in [1.82, 2.24) is 0 Å². The van der Waals surface area contributed by atoms with Crippen LogP contribution in [0, 0.1) is 5.41 Å². The number of ether oxygens (including phenoxy) is 1. The van der Waals surface area contributed by atoms with Crippen molar-refractivity contribution >= 4 is 17.6 Å². The summed E-state index contributed by atoms with van der Waals surface area (Å²) in [5.74, 6) is -0.819. The largest absolute Gasteiger partial charge is 0.481 e. The van der Waals surface area contributed by atoms with Gasteiger partial charge in [-0.05, 0) is 31.5 Å². The first-order chi connectivity index (χ1) is 7.90. The van der Waals surface area contributed by atoms with E-state index in [0.29, 0.717) is 18.2 Å². The molecule has 0 bridgehead atoms. The third kappa shape index (κ3) is 1.74. The van der Waals surface area contributed by atoms with Crippen LogP contribution in [0.25, 0.3) is 0 Å². The van der Waals surface area contributed by atoms with Crippen LogP contribution in [0.4, 0.5) is 0 Å². The van der Waals surface area contributed by atoms with Gasteiger partial charge in [0.15, 0.2) is 0 Å². The molecule has 1 aliphatic heterocycles. The van der Waals surface area contributed by atoms with E-state index in [4.69, 9.17) is 16.3 Å². The Labute approximate surface area is 105 Å². The molecule has 0 radical (unpaired) electrons. The van der Waals surface area contributed by atoms with Gasteiger partial charge in [0.25, 0.3) is 0 Å². The normalized spacial score (nSPS) is 18.5. The summed E-state index contributed by atoms with van der Waals surface area (Å²) in [6.45, 7) is 4.32. The number of benzene rings is 1. The van der Waals surface area contributed by atoms with Crippen molar-refractivity contribution in [3.8, 4) is 0 Å². The second-order valence-electron chi connectivity index (χ2n) is 5.02. The number of halogens is 1. The maximum Gasteiger partial charge on any atom is 0.310 e. The van der Waals surface area contributed by atoms with Crippen molar-refractivity contribution in [3.05, 3.63) is 34.9 Å². The van der Waals surface area contributed by atoms with Crippen molar-refractivity contribution < 1.29 is 14.6 Å². The first-order valence-electron chi connectivity index (χ1n) is 5.47. The molecule has 1 aromatic carbocycles. The predicted octanol–water partition coefficient (Wildman–Crippen LogP) is 2.72. The van der Waals surface area contributed by atoms with Crippen molar-refractivity contribution in [1.29, 1.82) is 0 Å². The molecule has 1 saturated heterocycles. The fourth-order valence-electron chi connectivity index (χ4n) is 2.19. The van der Waals surface area contributed by atoms with E-state index >= 15 is 0 Å². The van der Waals surface area contributed by atoms with E-state index in [0.717, 1.165) is 5.56 Å². The maximum absolute atomic E-state index is 11.4. The zero-order valence-corrected chi connectivity index (χ0v) is 10.6. The SMILES string of the molecule is CC(C)(C(=O)O)C1(c2cccc(Cl)c2)COC1. The Morgan fingerprint density at radius 2 is 2.12 bits per heavy atom. The van der Waals surface area contributed by atoms with Gasteiger partial charge in [-0.3, -0.25) is 4.79 Å². The number of hydrogen-bond acceptors (Lipinski definition) is 2. The maximum atomic E-state index is 11.4. The van der Waals surface area contributed by atoms with Gasteiger partial charge in [0, 0.05) is 5.02 Å². The molecule has 0 saturated carbocycles. The van der Waals surface area contributed by atoms with Gasteiger partial charge in [-0.1, -0.05) is 23.7 Å². The lowest BCUT2D eigenvalue weighted by molar-refractivity contribution is -0.171. The Hall–Kier alpha value is -1.06. The van der Waals surface area contributed by atoms with Crippen LogP contribution in [-0.2, 0) is 14.9 Å². The van der Waals surface area contributed by atoms with Crippen LogP contribution >= 0.6 is 11.6 Å². The highest BCUT2D eigenvalue weighted by atomic mass is 35.5. The van der Waals surface area contributed by atoms with Crippen molar-refractivity contribution in [2.75, 3.05) is 13.2 Å². The number of carboxylic acids is 1. The summed E-state index contributed by atoms with van der Waals surface area (Å²) in [5.41, 5.74) is -0.428. The number of aliphatic carboxylic acids is 1. The van der Waals surface area contributed by atoms with Gasteiger partial charge < -0.3 is 9.84 Å². The van der Waals surface area contributed by atoms with Gasteiger partial charge >= 0.3 is 5.97 Å². The molecule has 1 fully saturated rings. The molecule has 92 valence electrons. The second-order valence-corrected chi connectivity index (χ2v) is 5.45. The molecule has 2 rings (SSSR count). The first-order valence-corrected chi connectivity index (χ1v) is 5.85. The Balaban J connectivity index is 2.49. The number of carboxylic acid groups (broad SMARTS) is 1. The molecule has 3 nitrogen and oxygen atoms in total. The third-order valence-electron chi connectivity index (χ3n) is 3.81. The summed E-state index contributed by atoms with van der Waals surface area (Å²) in [6, 6.07) is 7.37. The molecule has 4 heteroatoms. The van der Waals surface area contributed by atoms with E-state index in [1.165, 1.54) is 0 Å². The van der Waals surface area contributed by atoms with Gasteiger partial charge in [-0.25, -0.2) is 0 Å². The fraction of sp³-hybridized carbons (Fsp3) is 0.462. The van der Waals surface area contributed by atoms with E-state index in [9.17, 15) is 9.90 Å². The number of rotatable bonds is 3. The second kappa shape index (κ2) is 4.00. The third-order valence-corrected chi connectivity index (χ3v) is 4.04. The van der Waals surface area contributed by atoms with Crippen LogP contribution in [-0.4, -0.2) is 24.3 Å². The van der Waals surface area contributed by atoms with Gasteiger partial charge in [0.05, 0.1) is 24.0 Å². The minimum Gasteiger partial charge on any atom is -0.481 e. The quantitative estimate of drug-likeness (QED) is 0.902. The Morgan fingerprint density at radius 3 is 2.53 bits per heavy atom. The molecule has 0 spiro atoms. The molecule has 0 amide bonds. The van der Waals surface area contributed by atoms with Crippen molar-refractivity contribution in [3.63, 3.8) is 0 Å². The molecular formula is C13H15ClO3. The van der Waals surface area contributed by atoms with E-state index in [1.807, 2.05) is 18.2 Å². The smallest absolute Gasteiger partial charge is 0.310 e. The zero-order valence-electron chi connectivity index (χ0n) is 9.87.